The van der Waals surface area contributed by atoms with Gasteiger partial charge in [0.25, 0.3) is 0 Å². The summed E-state index contributed by atoms with van der Waals surface area (Å²) in [4.78, 5) is 7.25. The molecule has 0 aliphatic carbocycles. The largest absolute Gasteiger partial charge is 0.436 e. The van der Waals surface area contributed by atoms with Crippen LogP contribution in [0.1, 0.15) is 25.8 Å². The molecule has 3 nitrogen and oxygen atoms in total. The number of oxazole rings is 1. The van der Waals surface area contributed by atoms with Crippen molar-refractivity contribution in [1.29, 1.82) is 0 Å². The van der Waals surface area contributed by atoms with Gasteiger partial charge in [0, 0.05) is 25.2 Å². The second-order valence-corrected chi connectivity index (χ2v) is 7.33. The van der Waals surface area contributed by atoms with Gasteiger partial charge in [0.05, 0.1) is 0 Å². The summed E-state index contributed by atoms with van der Waals surface area (Å²) in [6, 6.07) is 16.5. The van der Waals surface area contributed by atoms with Gasteiger partial charge in [0.15, 0.2) is 5.58 Å². The van der Waals surface area contributed by atoms with Gasteiger partial charge in [0.2, 0.25) is 5.89 Å². The molecule has 0 bridgehead atoms. The predicted octanol–water partition coefficient (Wildman–Crippen LogP) is 4.97. The molecule has 1 saturated heterocycles. The van der Waals surface area contributed by atoms with Crippen molar-refractivity contribution < 1.29 is 4.42 Å². The molecule has 1 aromatic heterocycles. The fraction of sp³-hybridized carbons (Fsp3) is 0.381. The lowest BCUT2D eigenvalue weighted by atomic mass is 9.91. The Balaban J connectivity index is 1.57. The Labute approximate surface area is 143 Å². The van der Waals surface area contributed by atoms with E-state index in [0.29, 0.717) is 5.89 Å². The maximum Gasteiger partial charge on any atom is 0.227 e. The minimum Gasteiger partial charge on any atom is -0.436 e. The Kier molecular flexibility index (Phi) is 4.11. The van der Waals surface area contributed by atoms with Gasteiger partial charge >= 0.3 is 0 Å². The molecule has 24 heavy (non-hydrogen) atoms. The minimum absolute atomic E-state index is 0.697. The molecule has 4 rings (SSSR count). The molecule has 0 spiro atoms. The molecule has 0 radical (unpaired) electrons. The number of hydrogen-bond donors (Lipinski definition) is 0. The molecule has 1 aliphatic heterocycles. The van der Waals surface area contributed by atoms with Crippen molar-refractivity contribution in [2.45, 2.75) is 26.8 Å². The normalized spacial score (nSPS) is 22.1. The summed E-state index contributed by atoms with van der Waals surface area (Å²) in [5.74, 6) is 2.27. The third kappa shape index (κ3) is 3.22. The monoisotopic (exact) mass is 320 g/mol. The summed E-state index contributed by atoms with van der Waals surface area (Å²) in [7, 11) is 0. The Hall–Kier alpha value is -2.13. The summed E-state index contributed by atoms with van der Waals surface area (Å²) in [5.41, 5.74) is 4.15. The second kappa shape index (κ2) is 6.40. The molecule has 124 valence electrons. The zero-order valence-electron chi connectivity index (χ0n) is 14.4. The zero-order chi connectivity index (χ0) is 16.5. The molecule has 0 amide bonds. The van der Waals surface area contributed by atoms with Crippen molar-refractivity contribution >= 4 is 11.1 Å². The number of fused-ring (bicyclic) bond motifs is 1. The number of piperidine rings is 1. The van der Waals surface area contributed by atoms with Crippen LogP contribution in [0.5, 0.6) is 0 Å². The lowest BCUT2D eigenvalue weighted by Gasteiger charge is -2.34. The van der Waals surface area contributed by atoms with Crippen LogP contribution in [0, 0.1) is 11.8 Å². The fourth-order valence-electron chi connectivity index (χ4n) is 3.95. The smallest absolute Gasteiger partial charge is 0.227 e. The third-order valence-electron chi connectivity index (χ3n) is 4.82. The quantitative estimate of drug-likeness (QED) is 0.682. The van der Waals surface area contributed by atoms with E-state index in [9.17, 15) is 0 Å². The maximum atomic E-state index is 5.91. The topological polar surface area (TPSA) is 29.3 Å². The lowest BCUT2D eigenvalue weighted by Crippen LogP contribution is -2.38. The summed E-state index contributed by atoms with van der Waals surface area (Å²) >= 11 is 0. The standard InChI is InChI=1S/C21H24N2O/c1-15-10-16(2)13-23(12-15)14-17-8-9-20-19(11-17)22-21(24-20)18-6-4-3-5-7-18/h3-9,11,15-16H,10,12-14H2,1-2H3. The van der Waals surface area contributed by atoms with E-state index in [2.05, 4.69) is 41.9 Å². The van der Waals surface area contributed by atoms with E-state index in [1.54, 1.807) is 0 Å². The van der Waals surface area contributed by atoms with Crippen LogP contribution in [0.3, 0.4) is 0 Å². The van der Waals surface area contributed by atoms with E-state index in [1.807, 2.05) is 30.3 Å². The first kappa shape index (κ1) is 15.4. The van der Waals surface area contributed by atoms with Gasteiger partial charge in [-0.15, -0.1) is 0 Å². The number of rotatable bonds is 3. The number of hydrogen-bond acceptors (Lipinski definition) is 3. The van der Waals surface area contributed by atoms with Crippen molar-refractivity contribution in [3.63, 3.8) is 0 Å². The Morgan fingerprint density at radius 1 is 1.04 bits per heavy atom. The van der Waals surface area contributed by atoms with E-state index in [1.165, 1.54) is 25.1 Å². The maximum absolute atomic E-state index is 5.91. The highest BCUT2D eigenvalue weighted by atomic mass is 16.3. The van der Waals surface area contributed by atoms with Crippen LogP contribution >= 0.6 is 0 Å². The number of aromatic nitrogens is 1. The van der Waals surface area contributed by atoms with Crippen LogP contribution in [0.25, 0.3) is 22.6 Å². The van der Waals surface area contributed by atoms with Gasteiger partial charge in [0.1, 0.15) is 5.52 Å². The first-order valence-electron chi connectivity index (χ1n) is 8.84. The summed E-state index contributed by atoms with van der Waals surface area (Å²) in [6.07, 6.45) is 1.35. The average Bonchev–Trinajstić information content (AvgIpc) is 2.98. The number of likely N-dealkylation sites (tertiary alicyclic amines) is 1. The Morgan fingerprint density at radius 3 is 2.54 bits per heavy atom. The van der Waals surface area contributed by atoms with Gasteiger partial charge in [-0.2, -0.15) is 0 Å². The number of nitrogens with zero attached hydrogens (tertiary/aromatic N) is 2. The van der Waals surface area contributed by atoms with E-state index in [0.717, 1.165) is 35.0 Å². The van der Waals surface area contributed by atoms with Gasteiger partial charge in [-0.3, -0.25) is 4.90 Å². The van der Waals surface area contributed by atoms with Crippen LogP contribution in [-0.4, -0.2) is 23.0 Å². The second-order valence-electron chi connectivity index (χ2n) is 7.33. The number of benzene rings is 2. The van der Waals surface area contributed by atoms with Crippen LogP contribution in [0.4, 0.5) is 0 Å². The lowest BCUT2D eigenvalue weighted by molar-refractivity contribution is 0.134. The first-order valence-corrected chi connectivity index (χ1v) is 8.84. The summed E-state index contributed by atoms with van der Waals surface area (Å²) in [5, 5.41) is 0. The molecule has 2 atom stereocenters. The SMILES string of the molecule is CC1CC(C)CN(Cc2ccc3oc(-c4ccccc4)nc3c2)C1. The third-order valence-corrected chi connectivity index (χ3v) is 4.82. The Morgan fingerprint density at radius 2 is 1.79 bits per heavy atom. The van der Waals surface area contributed by atoms with Crippen molar-refractivity contribution in [2.24, 2.45) is 11.8 Å². The first-order chi connectivity index (χ1) is 11.7. The summed E-state index contributed by atoms with van der Waals surface area (Å²) in [6.45, 7) is 8.09. The van der Waals surface area contributed by atoms with Crippen LogP contribution < -0.4 is 0 Å². The van der Waals surface area contributed by atoms with Crippen LogP contribution in [-0.2, 0) is 6.54 Å². The molecule has 1 aliphatic rings. The molecule has 3 aromatic rings. The van der Waals surface area contributed by atoms with E-state index in [-0.39, 0.29) is 0 Å². The molecule has 3 heteroatoms. The van der Waals surface area contributed by atoms with E-state index >= 15 is 0 Å². The Bertz CT molecular complexity index is 814. The van der Waals surface area contributed by atoms with Crippen LogP contribution in [0.2, 0.25) is 0 Å². The fourth-order valence-corrected chi connectivity index (χ4v) is 3.95. The van der Waals surface area contributed by atoms with Crippen molar-refractivity contribution in [2.75, 3.05) is 13.1 Å². The molecule has 1 fully saturated rings. The van der Waals surface area contributed by atoms with Gasteiger partial charge in [-0.25, -0.2) is 4.98 Å². The highest BCUT2D eigenvalue weighted by Gasteiger charge is 2.21. The van der Waals surface area contributed by atoms with Crippen LogP contribution in [0.15, 0.2) is 52.9 Å². The highest BCUT2D eigenvalue weighted by Crippen LogP contribution is 2.26. The van der Waals surface area contributed by atoms with Crippen molar-refractivity contribution in [3.05, 3.63) is 54.1 Å². The average molecular weight is 320 g/mol. The minimum atomic E-state index is 0.697. The highest BCUT2D eigenvalue weighted by molar-refractivity contribution is 5.76. The van der Waals surface area contributed by atoms with E-state index < -0.39 is 0 Å². The molecule has 0 N–H and O–H groups in total. The van der Waals surface area contributed by atoms with Gasteiger partial charge < -0.3 is 4.42 Å². The van der Waals surface area contributed by atoms with Crippen molar-refractivity contribution in [1.82, 2.24) is 9.88 Å². The van der Waals surface area contributed by atoms with Crippen molar-refractivity contribution in [3.8, 4) is 11.5 Å². The molecule has 2 unspecified atom stereocenters. The van der Waals surface area contributed by atoms with Gasteiger partial charge in [-0.1, -0.05) is 38.1 Å². The molecular formula is C21H24N2O. The molecule has 2 heterocycles. The van der Waals surface area contributed by atoms with Gasteiger partial charge in [-0.05, 0) is 48.1 Å². The zero-order valence-corrected chi connectivity index (χ0v) is 14.4. The predicted molar refractivity (Wildman–Crippen MR) is 97.7 cm³/mol. The summed E-state index contributed by atoms with van der Waals surface area (Å²) < 4.78 is 5.91. The molecule has 2 aromatic carbocycles. The molecular weight excluding hydrogens is 296 g/mol. The molecule has 0 saturated carbocycles. The van der Waals surface area contributed by atoms with E-state index in [4.69, 9.17) is 4.42 Å².